The molecule has 0 aromatic heterocycles. The van der Waals surface area contributed by atoms with Crippen LogP contribution in [0.5, 0.6) is 23.0 Å². The minimum Gasteiger partial charge on any atom is -0.487 e. The van der Waals surface area contributed by atoms with Gasteiger partial charge in [-0.05, 0) is 86.6 Å². The Balaban J connectivity index is 1.52. The van der Waals surface area contributed by atoms with Crippen LogP contribution in [0.4, 0.5) is 0 Å². The quantitative estimate of drug-likeness (QED) is 0.323. The standard InChI is InChI=1S/C24H15BrI2N2O4/c25-14-3-1-12(2-4-14)10-30-23-17(26)5-13(6-18(23)27)22-15-7-20-21(32-11-31-20)8-19(15)33-24(29)16(22)9-28/h1-8,22H,10-11,29H2/t22-/m1/s1. The monoisotopic (exact) mass is 728 g/mol. The largest absolute Gasteiger partial charge is 0.487 e. The van der Waals surface area contributed by atoms with Gasteiger partial charge < -0.3 is 24.7 Å². The number of hydrogen-bond acceptors (Lipinski definition) is 6. The molecule has 0 saturated carbocycles. The van der Waals surface area contributed by atoms with Crippen molar-refractivity contribution in [2.45, 2.75) is 12.5 Å². The van der Waals surface area contributed by atoms with E-state index in [1.165, 1.54) is 0 Å². The molecule has 0 amide bonds. The molecule has 3 aromatic carbocycles. The second kappa shape index (κ2) is 9.23. The molecule has 0 bridgehead atoms. The molecule has 9 heteroatoms. The molecule has 2 heterocycles. The van der Waals surface area contributed by atoms with Gasteiger partial charge in [0.1, 0.15) is 29.7 Å². The molecule has 2 aliphatic rings. The van der Waals surface area contributed by atoms with Crippen LogP contribution in [0.25, 0.3) is 0 Å². The van der Waals surface area contributed by atoms with Gasteiger partial charge in [-0.2, -0.15) is 5.26 Å². The van der Waals surface area contributed by atoms with Crippen molar-refractivity contribution in [3.63, 3.8) is 0 Å². The van der Waals surface area contributed by atoms with Gasteiger partial charge >= 0.3 is 0 Å². The van der Waals surface area contributed by atoms with Gasteiger partial charge in [0.15, 0.2) is 11.5 Å². The molecule has 33 heavy (non-hydrogen) atoms. The number of ether oxygens (including phenoxy) is 4. The first-order valence-electron chi connectivity index (χ1n) is 9.82. The number of allylic oxidation sites excluding steroid dienone is 1. The molecular formula is C24H15BrI2N2O4. The summed E-state index contributed by atoms with van der Waals surface area (Å²) >= 11 is 7.98. The molecule has 166 valence electrons. The van der Waals surface area contributed by atoms with E-state index in [2.05, 4.69) is 67.2 Å². The SMILES string of the molecule is N#CC1=C(N)Oc2cc3c(cc2[C@H]1c1cc(I)c(OCc2ccc(Br)cc2)c(I)c1)OCO3. The number of fused-ring (bicyclic) bond motifs is 2. The van der Waals surface area contributed by atoms with Crippen LogP contribution < -0.4 is 24.7 Å². The van der Waals surface area contributed by atoms with Crippen LogP contribution in [0, 0.1) is 18.5 Å². The van der Waals surface area contributed by atoms with E-state index in [4.69, 9.17) is 24.7 Å². The van der Waals surface area contributed by atoms with E-state index >= 15 is 0 Å². The number of nitrogens with two attached hydrogens (primary N) is 1. The lowest BCUT2D eigenvalue weighted by Gasteiger charge is -2.27. The molecule has 0 aliphatic carbocycles. The van der Waals surface area contributed by atoms with Gasteiger partial charge in [-0.1, -0.05) is 28.1 Å². The molecule has 0 fully saturated rings. The van der Waals surface area contributed by atoms with Crippen LogP contribution in [-0.2, 0) is 6.61 Å². The summed E-state index contributed by atoms with van der Waals surface area (Å²) in [5, 5.41) is 9.88. The Kier molecular flexibility index (Phi) is 6.32. The summed E-state index contributed by atoms with van der Waals surface area (Å²) in [5.41, 5.74) is 9.29. The lowest BCUT2D eigenvalue weighted by atomic mass is 9.83. The second-order valence-corrected chi connectivity index (χ2v) is 10.6. The minimum absolute atomic E-state index is 0.0921. The van der Waals surface area contributed by atoms with Gasteiger partial charge in [0.25, 0.3) is 0 Å². The van der Waals surface area contributed by atoms with E-state index in [1.807, 2.05) is 42.5 Å². The summed E-state index contributed by atoms with van der Waals surface area (Å²) in [6, 6.07) is 17.9. The predicted molar refractivity (Wildman–Crippen MR) is 142 cm³/mol. The third-order valence-corrected chi connectivity index (χ3v) is 7.49. The maximum atomic E-state index is 9.88. The molecule has 0 unspecified atom stereocenters. The Bertz CT molecular complexity index is 1310. The molecule has 0 saturated heterocycles. The summed E-state index contributed by atoms with van der Waals surface area (Å²) in [6.07, 6.45) is 0. The smallest absolute Gasteiger partial charge is 0.231 e. The van der Waals surface area contributed by atoms with Crippen molar-refractivity contribution in [3.8, 4) is 29.1 Å². The molecule has 0 spiro atoms. The minimum atomic E-state index is -0.393. The first kappa shape index (κ1) is 22.6. The van der Waals surface area contributed by atoms with Crippen molar-refractivity contribution in [3.05, 3.63) is 88.3 Å². The lowest BCUT2D eigenvalue weighted by molar-refractivity contribution is 0.174. The highest BCUT2D eigenvalue weighted by atomic mass is 127. The average Bonchev–Trinajstić information content (AvgIpc) is 3.24. The van der Waals surface area contributed by atoms with Crippen LogP contribution in [0.1, 0.15) is 22.6 Å². The first-order valence-corrected chi connectivity index (χ1v) is 12.8. The highest BCUT2D eigenvalue weighted by Crippen LogP contribution is 2.48. The van der Waals surface area contributed by atoms with Crippen LogP contribution >= 0.6 is 61.1 Å². The average molecular weight is 729 g/mol. The van der Waals surface area contributed by atoms with Crippen molar-refractivity contribution in [2.75, 3.05) is 6.79 Å². The van der Waals surface area contributed by atoms with Crippen molar-refractivity contribution >= 4 is 61.1 Å². The summed E-state index contributed by atoms with van der Waals surface area (Å²) < 4.78 is 25.8. The third-order valence-electron chi connectivity index (χ3n) is 5.36. The zero-order valence-electron chi connectivity index (χ0n) is 16.9. The molecule has 5 rings (SSSR count). The normalized spacial score (nSPS) is 16.1. The zero-order valence-corrected chi connectivity index (χ0v) is 22.8. The Labute approximate surface area is 226 Å². The lowest BCUT2D eigenvalue weighted by Crippen LogP contribution is -2.21. The van der Waals surface area contributed by atoms with E-state index in [9.17, 15) is 5.26 Å². The fourth-order valence-electron chi connectivity index (χ4n) is 3.81. The fourth-order valence-corrected chi connectivity index (χ4v) is 6.20. The summed E-state index contributed by atoms with van der Waals surface area (Å²) in [7, 11) is 0. The summed E-state index contributed by atoms with van der Waals surface area (Å²) in [6.45, 7) is 0.607. The summed E-state index contributed by atoms with van der Waals surface area (Å²) in [5.74, 6) is 2.28. The molecule has 2 N–H and O–H groups in total. The van der Waals surface area contributed by atoms with Gasteiger partial charge in [-0.15, -0.1) is 0 Å². The Morgan fingerprint density at radius 3 is 2.36 bits per heavy atom. The van der Waals surface area contributed by atoms with Crippen LogP contribution in [0.2, 0.25) is 0 Å². The fraction of sp³-hybridized carbons (Fsp3) is 0.125. The zero-order chi connectivity index (χ0) is 23.1. The van der Waals surface area contributed by atoms with Crippen molar-refractivity contribution in [2.24, 2.45) is 5.73 Å². The topological polar surface area (TPSA) is 86.7 Å². The third kappa shape index (κ3) is 4.36. The molecule has 6 nitrogen and oxygen atoms in total. The van der Waals surface area contributed by atoms with Crippen molar-refractivity contribution in [1.29, 1.82) is 5.26 Å². The van der Waals surface area contributed by atoms with E-state index < -0.39 is 5.92 Å². The Morgan fingerprint density at radius 2 is 1.70 bits per heavy atom. The van der Waals surface area contributed by atoms with Crippen molar-refractivity contribution in [1.82, 2.24) is 0 Å². The van der Waals surface area contributed by atoms with Crippen molar-refractivity contribution < 1.29 is 18.9 Å². The first-order chi connectivity index (χ1) is 15.9. The Hall–Kier alpha value is -2.17. The number of hydrogen-bond donors (Lipinski definition) is 1. The second-order valence-electron chi connectivity index (χ2n) is 7.40. The number of nitriles is 1. The number of halogens is 3. The Morgan fingerprint density at radius 1 is 1.03 bits per heavy atom. The van der Waals surface area contributed by atoms with E-state index in [0.29, 0.717) is 29.4 Å². The number of benzene rings is 3. The molecular weight excluding hydrogens is 714 g/mol. The van der Waals surface area contributed by atoms with Gasteiger partial charge in [0.2, 0.25) is 12.7 Å². The van der Waals surface area contributed by atoms with E-state index in [1.54, 1.807) is 6.07 Å². The highest BCUT2D eigenvalue weighted by molar-refractivity contribution is 14.1. The molecule has 1 atom stereocenters. The van der Waals surface area contributed by atoms with Gasteiger partial charge in [-0.3, -0.25) is 0 Å². The van der Waals surface area contributed by atoms with Gasteiger partial charge in [0, 0.05) is 16.1 Å². The predicted octanol–water partition coefficient (Wildman–Crippen LogP) is 6.18. The van der Waals surface area contributed by atoms with Crippen LogP contribution in [0.3, 0.4) is 0 Å². The molecule has 3 aromatic rings. The van der Waals surface area contributed by atoms with Crippen LogP contribution in [0.15, 0.2) is 64.5 Å². The number of rotatable bonds is 4. The van der Waals surface area contributed by atoms with Gasteiger partial charge in [0.05, 0.1) is 13.1 Å². The maximum absolute atomic E-state index is 9.88. The van der Waals surface area contributed by atoms with E-state index in [0.717, 1.165) is 34.1 Å². The molecule has 0 radical (unpaired) electrons. The van der Waals surface area contributed by atoms with E-state index in [-0.39, 0.29) is 12.7 Å². The maximum Gasteiger partial charge on any atom is 0.231 e. The highest BCUT2D eigenvalue weighted by Gasteiger charge is 2.34. The number of nitrogens with zero attached hydrogens (tertiary/aromatic N) is 1. The van der Waals surface area contributed by atoms with Crippen LogP contribution in [-0.4, -0.2) is 6.79 Å². The summed E-state index contributed by atoms with van der Waals surface area (Å²) in [4.78, 5) is 0. The van der Waals surface area contributed by atoms with Gasteiger partial charge in [-0.25, -0.2) is 0 Å². The molecule has 2 aliphatic heterocycles.